The minimum Gasteiger partial charge on any atom is -0.304 e. The molecule has 0 aliphatic carbocycles. The van der Waals surface area contributed by atoms with Gasteiger partial charge in [0.2, 0.25) is 0 Å². The molecule has 1 aromatic carbocycles. The van der Waals surface area contributed by atoms with Crippen LogP contribution in [0.4, 0.5) is 0 Å². The summed E-state index contributed by atoms with van der Waals surface area (Å²) in [5.74, 6) is 0. The van der Waals surface area contributed by atoms with Crippen LogP contribution in [0.2, 0.25) is 0 Å². The lowest BCUT2D eigenvalue weighted by Crippen LogP contribution is -2.17. The van der Waals surface area contributed by atoms with Crippen LogP contribution in [0, 0.1) is 0 Å². The Hall–Kier alpha value is -2.95. The average Bonchev–Trinajstić information content (AvgIpc) is 2.85. The largest absolute Gasteiger partial charge is 0.326 e. The van der Waals surface area contributed by atoms with Gasteiger partial charge in [0.15, 0.2) is 0 Å². The van der Waals surface area contributed by atoms with E-state index in [1.807, 2.05) is 36.4 Å². The molecule has 0 aliphatic heterocycles. The molecule has 5 nitrogen and oxygen atoms in total. The molecule has 0 spiro atoms. The summed E-state index contributed by atoms with van der Waals surface area (Å²) in [5.41, 5.74) is 3.37. The van der Waals surface area contributed by atoms with E-state index in [-0.39, 0.29) is 5.69 Å². The van der Waals surface area contributed by atoms with Crippen molar-refractivity contribution >= 4 is 21.9 Å². The first kappa shape index (κ1) is 11.8. The number of hydrogen-bond acceptors (Lipinski definition) is 3. The second-order valence-electron chi connectivity index (χ2n) is 4.92. The van der Waals surface area contributed by atoms with Crippen LogP contribution in [0.1, 0.15) is 5.56 Å². The summed E-state index contributed by atoms with van der Waals surface area (Å²) in [5, 5.41) is 0.970. The Bertz CT molecular complexity index is 985. The zero-order chi connectivity index (χ0) is 14.2. The van der Waals surface area contributed by atoms with Crippen molar-refractivity contribution < 1.29 is 0 Å². The van der Waals surface area contributed by atoms with Gasteiger partial charge in [0, 0.05) is 17.8 Å². The maximum absolute atomic E-state index is 12.2. The van der Waals surface area contributed by atoms with Gasteiger partial charge in [-0.05, 0) is 17.7 Å². The number of imidazole rings is 1. The fraction of sp³-hybridized carbons (Fsp3) is 0.0625. The maximum atomic E-state index is 12.2. The maximum Gasteiger partial charge on any atom is 0.326 e. The zero-order valence-electron chi connectivity index (χ0n) is 11.2. The van der Waals surface area contributed by atoms with Crippen molar-refractivity contribution in [3.8, 4) is 0 Å². The molecule has 21 heavy (non-hydrogen) atoms. The normalized spacial score (nSPS) is 11.2. The van der Waals surface area contributed by atoms with E-state index in [9.17, 15) is 4.79 Å². The number of benzene rings is 1. The Morgan fingerprint density at radius 1 is 1.10 bits per heavy atom. The molecule has 3 aromatic heterocycles. The van der Waals surface area contributed by atoms with E-state index in [0.717, 1.165) is 27.5 Å². The topological polar surface area (TPSA) is 63.6 Å². The first-order valence-corrected chi connectivity index (χ1v) is 6.68. The lowest BCUT2D eigenvalue weighted by Gasteiger charge is -2.05. The van der Waals surface area contributed by atoms with Gasteiger partial charge in [-0.15, -0.1) is 0 Å². The molecule has 0 saturated carbocycles. The molecule has 0 bridgehead atoms. The second kappa shape index (κ2) is 4.56. The van der Waals surface area contributed by atoms with Crippen LogP contribution < -0.4 is 5.69 Å². The van der Waals surface area contributed by atoms with Crippen LogP contribution >= 0.6 is 0 Å². The number of H-pyrrole nitrogens is 1. The van der Waals surface area contributed by atoms with Gasteiger partial charge in [0.1, 0.15) is 0 Å². The molecule has 4 rings (SSSR count). The van der Waals surface area contributed by atoms with Crippen LogP contribution in [0.3, 0.4) is 0 Å². The van der Waals surface area contributed by atoms with E-state index in [1.165, 1.54) is 0 Å². The number of fused-ring (bicyclic) bond motifs is 3. The summed E-state index contributed by atoms with van der Waals surface area (Å²) in [6.07, 6.45) is 5.20. The lowest BCUT2D eigenvalue weighted by molar-refractivity contribution is 0.785. The van der Waals surface area contributed by atoms with Gasteiger partial charge in [-0.3, -0.25) is 14.5 Å². The smallest absolute Gasteiger partial charge is 0.304 e. The Balaban J connectivity index is 2.01. The number of aromatic amines is 1. The van der Waals surface area contributed by atoms with Gasteiger partial charge < -0.3 is 4.98 Å². The quantitative estimate of drug-likeness (QED) is 0.611. The summed E-state index contributed by atoms with van der Waals surface area (Å²) in [6.45, 7) is 0.487. The number of nitrogens with one attached hydrogen (secondary N) is 1. The standard InChI is InChI=1S/C16H12N4O/c21-16-19-14-9-18-13-6-2-1-5-12(13)15(14)20(16)10-11-4-3-7-17-8-11/h1-9H,10H2,(H,19,21). The fourth-order valence-electron chi connectivity index (χ4n) is 2.62. The Morgan fingerprint density at radius 2 is 2.00 bits per heavy atom. The third-order valence-corrected chi connectivity index (χ3v) is 3.57. The SMILES string of the molecule is O=c1[nH]c2cnc3ccccc3c2n1Cc1cccnc1. The van der Waals surface area contributed by atoms with Crippen molar-refractivity contribution in [3.05, 3.63) is 71.0 Å². The summed E-state index contributed by atoms with van der Waals surface area (Å²) in [4.78, 5) is 23.6. The third-order valence-electron chi connectivity index (χ3n) is 3.57. The van der Waals surface area contributed by atoms with Gasteiger partial charge in [0.25, 0.3) is 0 Å². The number of aromatic nitrogens is 4. The first-order valence-electron chi connectivity index (χ1n) is 6.68. The van der Waals surface area contributed by atoms with Crippen molar-refractivity contribution in [1.82, 2.24) is 19.5 Å². The first-order chi connectivity index (χ1) is 10.3. The molecule has 0 aliphatic rings. The molecule has 0 fully saturated rings. The molecule has 1 N–H and O–H groups in total. The Morgan fingerprint density at radius 3 is 2.86 bits per heavy atom. The highest BCUT2D eigenvalue weighted by Crippen LogP contribution is 2.21. The van der Waals surface area contributed by atoms with Gasteiger partial charge in [0.05, 0.1) is 29.3 Å². The molecular formula is C16H12N4O. The van der Waals surface area contributed by atoms with E-state index in [0.29, 0.717) is 6.54 Å². The highest BCUT2D eigenvalue weighted by Gasteiger charge is 2.11. The minimum atomic E-state index is -0.132. The van der Waals surface area contributed by atoms with Gasteiger partial charge in [-0.2, -0.15) is 0 Å². The average molecular weight is 276 g/mol. The highest BCUT2D eigenvalue weighted by molar-refractivity contribution is 6.01. The third kappa shape index (κ3) is 1.90. The second-order valence-corrected chi connectivity index (χ2v) is 4.92. The highest BCUT2D eigenvalue weighted by atomic mass is 16.1. The number of pyridine rings is 2. The van der Waals surface area contributed by atoms with Crippen LogP contribution in [0.15, 0.2) is 59.8 Å². The van der Waals surface area contributed by atoms with Crippen LogP contribution in [-0.4, -0.2) is 19.5 Å². The summed E-state index contributed by atoms with van der Waals surface area (Å²) in [6, 6.07) is 11.7. The number of rotatable bonds is 2. The van der Waals surface area contributed by atoms with Crippen molar-refractivity contribution in [2.45, 2.75) is 6.54 Å². The minimum absolute atomic E-state index is 0.132. The van der Waals surface area contributed by atoms with Crippen molar-refractivity contribution in [1.29, 1.82) is 0 Å². The van der Waals surface area contributed by atoms with Gasteiger partial charge >= 0.3 is 5.69 Å². The van der Waals surface area contributed by atoms with Crippen LogP contribution in [0.5, 0.6) is 0 Å². The van der Waals surface area contributed by atoms with Gasteiger partial charge in [-0.25, -0.2) is 4.79 Å². The molecule has 0 saturated heterocycles. The molecule has 0 atom stereocenters. The molecule has 4 aromatic rings. The summed E-state index contributed by atoms with van der Waals surface area (Å²) < 4.78 is 1.73. The molecule has 5 heteroatoms. The molecule has 0 amide bonds. The van der Waals surface area contributed by atoms with Crippen molar-refractivity contribution in [2.75, 3.05) is 0 Å². The Labute approximate surface area is 119 Å². The van der Waals surface area contributed by atoms with E-state index in [4.69, 9.17) is 0 Å². The fourth-order valence-corrected chi connectivity index (χ4v) is 2.62. The van der Waals surface area contributed by atoms with Gasteiger partial charge in [-0.1, -0.05) is 24.3 Å². The number of nitrogens with zero attached hydrogens (tertiary/aromatic N) is 3. The molecule has 102 valence electrons. The number of hydrogen-bond donors (Lipinski definition) is 1. The molecular weight excluding hydrogens is 264 g/mol. The lowest BCUT2D eigenvalue weighted by atomic mass is 10.2. The van der Waals surface area contributed by atoms with Crippen molar-refractivity contribution in [2.24, 2.45) is 0 Å². The zero-order valence-corrected chi connectivity index (χ0v) is 11.2. The summed E-state index contributed by atoms with van der Waals surface area (Å²) >= 11 is 0. The Kier molecular flexibility index (Phi) is 2.57. The molecule has 0 radical (unpaired) electrons. The molecule has 0 unspecified atom stereocenters. The van der Waals surface area contributed by atoms with E-state index in [1.54, 1.807) is 23.2 Å². The summed E-state index contributed by atoms with van der Waals surface area (Å²) in [7, 11) is 0. The van der Waals surface area contributed by atoms with E-state index < -0.39 is 0 Å². The van der Waals surface area contributed by atoms with E-state index >= 15 is 0 Å². The number of para-hydroxylation sites is 1. The van der Waals surface area contributed by atoms with Crippen LogP contribution in [-0.2, 0) is 6.54 Å². The van der Waals surface area contributed by atoms with Crippen molar-refractivity contribution in [3.63, 3.8) is 0 Å². The predicted molar refractivity (Wildman–Crippen MR) is 81.2 cm³/mol. The van der Waals surface area contributed by atoms with E-state index in [2.05, 4.69) is 15.0 Å². The molecule has 3 heterocycles. The predicted octanol–water partition coefficient (Wildman–Crippen LogP) is 2.32. The van der Waals surface area contributed by atoms with Crippen LogP contribution in [0.25, 0.3) is 21.9 Å². The monoisotopic (exact) mass is 276 g/mol.